The summed E-state index contributed by atoms with van der Waals surface area (Å²) >= 11 is 0. The Morgan fingerprint density at radius 1 is 1.29 bits per heavy atom. The maximum Gasteiger partial charge on any atom is 0.0587 e. The summed E-state index contributed by atoms with van der Waals surface area (Å²) in [7, 11) is 1.77. The fourth-order valence-corrected chi connectivity index (χ4v) is 3.02. The lowest BCUT2D eigenvalue weighted by molar-refractivity contribution is 0.192. The summed E-state index contributed by atoms with van der Waals surface area (Å²) in [6.07, 6.45) is 8.57. The summed E-state index contributed by atoms with van der Waals surface area (Å²) in [5, 5.41) is 3.57. The smallest absolute Gasteiger partial charge is 0.0587 e. The van der Waals surface area contributed by atoms with Crippen molar-refractivity contribution in [2.24, 2.45) is 17.8 Å². The van der Waals surface area contributed by atoms with Crippen LogP contribution >= 0.6 is 0 Å². The molecule has 1 N–H and O–H groups in total. The number of hydrogen-bond donors (Lipinski definition) is 1. The molecule has 0 radical (unpaired) electrons. The van der Waals surface area contributed by atoms with E-state index in [2.05, 4.69) is 19.2 Å². The van der Waals surface area contributed by atoms with Crippen LogP contribution in [0.2, 0.25) is 0 Å². The fourth-order valence-electron chi connectivity index (χ4n) is 3.02. The maximum atomic E-state index is 5.09. The minimum absolute atomic E-state index is 0.834. The van der Waals surface area contributed by atoms with E-state index in [1.165, 1.54) is 45.1 Å². The molecule has 0 heterocycles. The second-order valence-electron chi connectivity index (χ2n) is 5.75. The Hall–Kier alpha value is -0.0800. The van der Waals surface area contributed by atoms with Crippen LogP contribution in [0.3, 0.4) is 0 Å². The summed E-state index contributed by atoms with van der Waals surface area (Å²) in [4.78, 5) is 0. The van der Waals surface area contributed by atoms with E-state index in [0.717, 1.165) is 30.9 Å². The van der Waals surface area contributed by atoms with Crippen LogP contribution in [0.1, 0.15) is 52.4 Å². The van der Waals surface area contributed by atoms with Gasteiger partial charge in [0.15, 0.2) is 0 Å². The number of methoxy groups -OCH3 is 1. The number of ether oxygens (including phenoxy) is 1. The average molecular weight is 241 g/mol. The van der Waals surface area contributed by atoms with Crippen molar-refractivity contribution in [1.82, 2.24) is 5.32 Å². The first kappa shape index (κ1) is 15.0. The zero-order chi connectivity index (χ0) is 12.5. The SMILES string of the molecule is CCC(C)CC(CNCCOC)C1CCCC1. The highest BCUT2D eigenvalue weighted by Gasteiger charge is 2.25. The first-order chi connectivity index (χ1) is 8.27. The molecule has 0 aromatic rings. The lowest BCUT2D eigenvalue weighted by atomic mass is 9.83. The molecule has 2 heteroatoms. The van der Waals surface area contributed by atoms with Gasteiger partial charge in [-0.05, 0) is 30.7 Å². The standard InChI is InChI=1S/C15H31NO/c1-4-13(2)11-15(12-16-9-10-17-3)14-7-5-6-8-14/h13-16H,4-12H2,1-3H3. The molecule has 0 aromatic heterocycles. The van der Waals surface area contributed by atoms with Gasteiger partial charge >= 0.3 is 0 Å². The second-order valence-corrected chi connectivity index (χ2v) is 5.75. The largest absolute Gasteiger partial charge is 0.383 e. The number of rotatable bonds is 9. The molecule has 1 saturated carbocycles. The first-order valence-corrected chi connectivity index (χ1v) is 7.47. The van der Waals surface area contributed by atoms with Gasteiger partial charge in [0.25, 0.3) is 0 Å². The molecule has 2 atom stereocenters. The predicted octanol–water partition coefficient (Wildman–Crippen LogP) is 3.47. The molecule has 1 fully saturated rings. The molecule has 1 rings (SSSR count). The van der Waals surface area contributed by atoms with E-state index >= 15 is 0 Å². The van der Waals surface area contributed by atoms with Crippen molar-refractivity contribution in [3.05, 3.63) is 0 Å². The summed E-state index contributed by atoms with van der Waals surface area (Å²) in [5.41, 5.74) is 0. The van der Waals surface area contributed by atoms with E-state index < -0.39 is 0 Å². The normalized spacial score (nSPS) is 20.6. The van der Waals surface area contributed by atoms with Crippen LogP contribution in [0, 0.1) is 17.8 Å². The predicted molar refractivity (Wildman–Crippen MR) is 74.3 cm³/mol. The van der Waals surface area contributed by atoms with Gasteiger partial charge in [-0.25, -0.2) is 0 Å². The zero-order valence-electron chi connectivity index (χ0n) is 12.0. The average Bonchev–Trinajstić information content (AvgIpc) is 2.86. The lowest BCUT2D eigenvalue weighted by Gasteiger charge is -2.26. The molecule has 1 aliphatic rings. The fraction of sp³-hybridized carbons (Fsp3) is 1.00. The van der Waals surface area contributed by atoms with Crippen molar-refractivity contribution in [3.63, 3.8) is 0 Å². The van der Waals surface area contributed by atoms with E-state index in [-0.39, 0.29) is 0 Å². The summed E-state index contributed by atoms with van der Waals surface area (Å²) in [5.74, 6) is 2.76. The van der Waals surface area contributed by atoms with Crippen molar-refractivity contribution >= 4 is 0 Å². The summed E-state index contributed by atoms with van der Waals surface area (Å²) in [6.45, 7) is 7.74. The van der Waals surface area contributed by atoms with Crippen LogP contribution in [0.15, 0.2) is 0 Å². The molecule has 0 aliphatic heterocycles. The van der Waals surface area contributed by atoms with Gasteiger partial charge in [0, 0.05) is 13.7 Å². The van der Waals surface area contributed by atoms with Gasteiger partial charge in [-0.2, -0.15) is 0 Å². The maximum absolute atomic E-state index is 5.09. The second kappa shape index (κ2) is 8.93. The van der Waals surface area contributed by atoms with E-state index in [0.29, 0.717) is 0 Å². The summed E-state index contributed by atoms with van der Waals surface area (Å²) in [6, 6.07) is 0. The number of hydrogen-bond acceptors (Lipinski definition) is 2. The van der Waals surface area contributed by atoms with Gasteiger partial charge in [-0.1, -0.05) is 46.0 Å². The van der Waals surface area contributed by atoms with E-state index in [1.807, 2.05) is 0 Å². The first-order valence-electron chi connectivity index (χ1n) is 7.47. The van der Waals surface area contributed by atoms with Gasteiger partial charge in [0.1, 0.15) is 0 Å². The molecule has 0 amide bonds. The minimum atomic E-state index is 0.834. The van der Waals surface area contributed by atoms with Crippen molar-refractivity contribution in [3.8, 4) is 0 Å². The zero-order valence-corrected chi connectivity index (χ0v) is 12.0. The van der Waals surface area contributed by atoms with Crippen LogP contribution in [-0.4, -0.2) is 26.8 Å². The van der Waals surface area contributed by atoms with Crippen LogP contribution < -0.4 is 5.32 Å². The Bertz CT molecular complexity index is 178. The van der Waals surface area contributed by atoms with E-state index in [4.69, 9.17) is 4.74 Å². The third-order valence-corrected chi connectivity index (χ3v) is 4.36. The van der Waals surface area contributed by atoms with Crippen molar-refractivity contribution < 1.29 is 4.74 Å². The van der Waals surface area contributed by atoms with Crippen LogP contribution in [-0.2, 0) is 4.74 Å². The van der Waals surface area contributed by atoms with E-state index in [1.54, 1.807) is 7.11 Å². The van der Waals surface area contributed by atoms with E-state index in [9.17, 15) is 0 Å². The highest BCUT2D eigenvalue weighted by Crippen LogP contribution is 2.34. The molecule has 0 aromatic carbocycles. The van der Waals surface area contributed by atoms with Gasteiger partial charge in [-0.3, -0.25) is 0 Å². The van der Waals surface area contributed by atoms with Crippen molar-refractivity contribution in [1.29, 1.82) is 0 Å². The van der Waals surface area contributed by atoms with Crippen LogP contribution in [0.5, 0.6) is 0 Å². The lowest BCUT2D eigenvalue weighted by Crippen LogP contribution is -2.30. The molecule has 2 nitrogen and oxygen atoms in total. The highest BCUT2D eigenvalue weighted by molar-refractivity contribution is 4.78. The van der Waals surface area contributed by atoms with Gasteiger partial charge < -0.3 is 10.1 Å². The van der Waals surface area contributed by atoms with Crippen LogP contribution in [0.4, 0.5) is 0 Å². The number of nitrogens with one attached hydrogen (secondary N) is 1. The van der Waals surface area contributed by atoms with Gasteiger partial charge in [0.2, 0.25) is 0 Å². The third-order valence-electron chi connectivity index (χ3n) is 4.36. The summed E-state index contributed by atoms with van der Waals surface area (Å²) < 4.78 is 5.09. The molecule has 0 spiro atoms. The molecule has 2 unspecified atom stereocenters. The van der Waals surface area contributed by atoms with Crippen molar-refractivity contribution in [2.75, 3.05) is 26.8 Å². The van der Waals surface area contributed by atoms with Crippen LogP contribution in [0.25, 0.3) is 0 Å². The molecule has 17 heavy (non-hydrogen) atoms. The monoisotopic (exact) mass is 241 g/mol. The quantitative estimate of drug-likeness (QED) is 0.624. The Labute approximate surface area is 108 Å². The molecular weight excluding hydrogens is 210 g/mol. The molecule has 0 saturated heterocycles. The third kappa shape index (κ3) is 5.87. The van der Waals surface area contributed by atoms with Crippen molar-refractivity contribution in [2.45, 2.75) is 52.4 Å². The highest BCUT2D eigenvalue weighted by atomic mass is 16.5. The molecule has 0 bridgehead atoms. The molecular formula is C15H31NO. The Kier molecular flexibility index (Phi) is 7.87. The Morgan fingerprint density at radius 2 is 2.00 bits per heavy atom. The minimum Gasteiger partial charge on any atom is -0.383 e. The molecule has 102 valence electrons. The Morgan fingerprint density at radius 3 is 2.59 bits per heavy atom. The topological polar surface area (TPSA) is 21.3 Å². The molecule has 1 aliphatic carbocycles. The van der Waals surface area contributed by atoms with Gasteiger partial charge in [-0.15, -0.1) is 0 Å². The Balaban J connectivity index is 2.29. The van der Waals surface area contributed by atoms with Gasteiger partial charge in [0.05, 0.1) is 6.61 Å².